The normalized spacial score (nSPS) is 23.5. The maximum atomic E-state index is 5.78. The van der Waals surface area contributed by atoms with Crippen LogP contribution in [0.3, 0.4) is 0 Å². The monoisotopic (exact) mass is 192 g/mol. The highest BCUT2D eigenvalue weighted by Gasteiger charge is 2.42. The fourth-order valence-corrected chi connectivity index (χ4v) is 2.06. The zero-order valence-electron chi connectivity index (χ0n) is 8.84. The summed E-state index contributed by atoms with van der Waals surface area (Å²) in [6, 6.07) is 0. The van der Waals surface area contributed by atoms with E-state index in [0.717, 1.165) is 25.6 Å². The second kappa shape index (κ2) is 3.92. The number of rotatable bonds is 6. The van der Waals surface area contributed by atoms with E-state index in [1.165, 1.54) is 32.2 Å². The van der Waals surface area contributed by atoms with Gasteiger partial charge in [0.05, 0.1) is 6.54 Å². The van der Waals surface area contributed by atoms with Crippen molar-refractivity contribution in [3.8, 4) is 12.3 Å². The van der Waals surface area contributed by atoms with Crippen LogP contribution in [0.15, 0.2) is 0 Å². The first-order chi connectivity index (χ1) is 6.78. The van der Waals surface area contributed by atoms with Crippen LogP contribution in [-0.4, -0.2) is 31.1 Å². The first-order valence-corrected chi connectivity index (χ1v) is 5.64. The first-order valence-electron chi connectivity index (χ1n) is 5.64. The van der Waals surface area contributed by atoms with Crippen molar-refractivity contribution in [2.75, 3.05) is 26.2 Å². The lowest BCUT2D eigenvalue weighted by Crippen LogP contribution is -2.35. The first kappa shape index (κ1) is 10.0. The molecular weight excluding hydrogens is 172 g/mol. The van der Waals surface area contributed by atoms with Crippen LogP contribution in [0.2, 0.25) is 0 Å². The van der Waals surface area contributed by atoms with Crippen molar-refractivity contribution in [1.29, 1.82) is 0 Å². The van der Waals surface area contributed by atoms with Crippen LogP contribution in [0.4, 0.5) is 0 Å². The van der Waals surface area contributed by atoms with Gasteiger partial charge in [0.25, 0.3) is 0 Å². The van der Waals surface area contributed by atoms with Crippen molar-refractivity contribution in [3.63, 3.8) is 0 Å². The van der Waals surface area contributed by atoms with Gasteiger partial charge in [-0.05, 0) is 43.6 Å². The maximum Gasteiger partial charge on any atom is 0.0599 e. The Morgan fingerprint density at radius 1 is 1.43 bits per heavy atom. The van der Waals surface area contributed by atoms with Crippen LogP contribution in [0.5, 0.6) is 0 Å². The van der Waals surface area contributed by atoms with E-state index < -0.39 is 0 Å². The molecule has 0 aromatic heterocycles. The van der Waals surface area contributed by atoms with E-state index in [4.69, 9.17) is 12.2 Å². The van der Waals surface area contributed by atoms with Gasteiger partial charge < -0.3 is 5.73 Å². The van der Waals surface area contributed by atoms with Crippen LogP contribution in [-0.2, 0) is 0 Å². The minimum atomic E-state index is 0.436. The molecule has 2 nitrogen and oxygen atoms in total. The lowest BCUT2D eigenvalue weighted by molar-refractivity contribution is 0.237. The zero-order valence-corrected chi connectivity index (χ0v) is 8.84. The largest absolute Gasteiger partial charge is 0.330 e. The number of nitrogens with zero attached hydrogens (tertiary/aromatic N) is 1. The van der Waals surface area contributed by atoms with Gasteiger partial charge in [0, 0.05) is 13.1 Å². The van der Waals surface area contributed by atoms with E-state index in [1.54, 1.807) is 0 Å². The highest BCUT2D eigenvalue weighted by atomic mass is 15.1. The van der Waals surface area contributed by atoms with Crippen molar-refractivity contribution in [3.05, 3.63) is 0 Å². The van der Waals surface area contributed by atoms with Crippen molar-refractivity contribution >= 4 is 0 Å². The molecule has 0 unspecified atom stereocenters. The number of hydrogen-bond donors (Lipinski definition) is 1. The van der Waals surface area contributed by atoms with E-state index in [9.17, 15) is 0 Å². The third-order valence-electron chi connectivity index (χ3n) is 3.48. The summed E-state index contributed by atoms with van der Waals surface area (Å²) < 4.78 is 0. The second-order valence-electron chi connectivity index (χ2n) is 5.02. The summed E-state index contributed by atoms with van der Waals surface area (Å²) in [5, 5.41) is 0. The highest BCUT2D eigenvalue weighted by Crippen LogP contribution is 2.45. The average Bonchev–Trinajstić information content (AvgIpc) is 3.02. The Morgan fingerprint density at radius 3 is 2.57 bits per heavy atom. The quantitative estimate of drug-likeness (QED) is 0.638. The molecule has 0 aromatic carbocycles. The summed E-state index contributed by atoms with van der Waals surface area (Å²) in [7, 11) is 0. The van der Waals surface area contributed by atoms with Crippen molar-refractivity contribution in [2.24, 2.45) is 17.1 Å². The van der Waals surface area contributed by atoms with E-state index in [-0.39, 0.29) is 0 Å². The Hall–Kier alpha value is -0.520. The molecule has 0 bridgehead atoms. The van der Waals surface area contributed by atoms with E-state index >= 15 is 0 Å². The lowest BCUT2D eigenvalue weighted by Gasteiger charge is -2.24. The maximum absolute atomic E-state index is 5.78. The topological polar surface area (TPSA) is 29.3 Å². The molecule has 2 saturated carbocycles. The fourth-order valence-electron chi connectivity index (χ4n) is 2.06. The molecule has 2 aliphatic carbocycles. The summed E-state index contributed by atoms with van der Waals surface area (Å²) in [5.74, 6) is 3.69. The summed E-state index contributed by atoms with van der Waals surface area (Å²) in [4.78, 5) is 2.43. The van der Waals surface area contributed by atoms with Crippen LogP contribution in [0.25, 0.3) is 0 Å². The third-order valence-corrected chi connectivity index (χ3v) is 3.48. The van der Waals surface area contributed by atoms with Gasteiger partial charge in [-0.2, -0.15) is 0 Å². The van der Waals surface area contributed by atoms with Crippen LogP contribution >= 0.6 is 0 Å². The van der Waals surface area contributed by atoms with Crippen LogP contribution in [0, 0.1) is 23.7 Å². The molecule has 0 saturated heterocycles. The van der Waals surface area contributed by atoms with Gasteiger partial charge in [0.15, 0.2) is 0 Å². The molecule has 2 heteroatoms. The Labute approximate surface area is 86.8 Å². The molecule has 2 rings (SSSR count). The summed E-state index contributed by atoms with van der Waals surface area (Å²) in [6.07, 6.45) is 10.8. The van der Waals surface area contributed by atoms with Gasteiger partial charge in [-0.15, -0.1) is 6.42 Å². The Bertz CT molecular complexity index is 233. The third kappa shape index (κ3) is 2.50. The Balaban J connectivity index is 1.80. The van der Waals surface area contributed by atoms with Crippen LogP contribution in [0.1, 0.15) is 25.7 Å². The molecule has 0 radical (unpaired) electrons. The molecule has 0 spiro atoms. The molecule has 0 atom stereocenters. The molecule has 0 heterocycles. The van der Waals surface area contributed by atoms with Gasteiger partial charge in [-0.25, -0.2) is 0 Å². The zero-order chi connectivity index (χ0) is 10.0. The number of terminal acetylenes is 1. The number of hydrogen-bond acceptors (Lipinski definition) is 2. The van der Waals surface area contributed by atoms with E-state index in [0.29, 0.717) is 5.41 Å². The lowest BCUT2D eigenvalue weighted by atomic mass is 10.1. The van der Waals surface area contributed by atoms with Gasteiger partial charge >= 0.3 is 0 Å². The number of nitrogens with two attached hydrogens (primary N) is 1. The van der Waals surface area contributed by atoms with Crippen molar-refractivity contribution in [2.45, 2.75) is 25.7 Å². The van der Waals surface area contributed by atoms with Gasteiger partial charge in [0.2, 0.25) is 0 Å². The molecule has 0 amide bonds. The average molecular weight is 192 g/mol. The smallest absolute Gasteiger partial charge is 0.0599 e. The Kier molecular flexibility index (Phi) is 2.80. The summed E-state index contributed by atoms with van der Waals surface area (Å²) in [6.45, 7) is 3.97. The Morgan fingerprint density at radius 2 is 2.14 bits per heavy atom. The predicted octanol–water partition coefficient (Wildman–Crippen LogP) is 1.07. The molecule has 78 valence electrons. The molecule has 14 heavy (non-hydrogen) atoms. The summed E-state index contributed by atoms with van der Waals surface area (Å²) >= 11 is 0. The van der Waals surface area contributed by atoms with Gasteiger partial charge in [0.1, 0.15) is 0 Å². The molecule has 2 aliphatic rings. The van der Waals surface area contributed by atoms with Gasteiger partial charge in [-0.3, -0.25) is 4.90 Å². The molecular formula is C12H20N2. The standard InChI is InChI=1S/C12H20N2/c1-2-7-14(8-11-3-4-11)10-12(9-13)5-6-12/h1,11H,3-10,13H2. The van der Waals surface area contributed by atoms with Crippen molar-refractivity contribution in [1.82, 2.24) is 4.90 Å². The second-order valence-corrected chi connectivity index (χ2v) is 5.02. The fraction of sp³-hybridized carbons (Fsp3) is 0.833. The minimum Gasteiger partial charge on any atom is -0.330 e. The highest BCUT2D eigenvalue weighted by molar-refractivity contribution is 4.99. The molecule has 0 aromatic rings. The minimum absolute atomic E-state index is 0.436. The van der Waals surface area contributed by atoms with E-state index in [2.05, 4.69) is 10.8 Å². The van der Waals surface area contributed by atoms with E-state index in [1.807, 2.05) is 0 Å². The summed E-state index contributed by atoms with van der Waals surface area (Å²) in [5.41, 5.74) is 6.22. The predicted molar refractivity (Wildman–Crippen MR) is 58.7 cm³/mol. The van der Waals surface area contributed by atoms with Crippen molar-refractivity contribution < 1.29 is 0 Å². The SMILES string of the molecule is C#CCN(CC1CC1)CC1(CN)CC1. The molecule has 2 N–H and O–H groups in total. The van der Waals surface area contributed by atoms with Gasteiger partial charge in [-0.1, -0.05) is 5.92 Å². The van der Waals surface area contributed by atoms with Crippen LogP contribution < -0.4 is 5.73 Å². The molecule has 0 aliphatic heterocycles. The molecule has 2 fully saturated rings.